The Morgan fingerprint density at radius 2 is 1.64 bits per heavy atom. The van der Waals surface area contributed by atoms with Crippen molar-refractivity contribution in [2.24, 2.45) is 0 Å². The fraction of sp³-hybridized carbons (Fsp3) is 0.278. The SMILES string of the molecule is Cc1c(Cl)cccc1NC(=O)N1CCN(c2c(F)cccc2F)CC1. The maximum atomic E-state index is 13.9. The minimum atomic E-state index is -0.590. The van der Waals surface area contributed by atoms with Gasteiger partial charge in [0.05, 0.1) is 0 Å². The van der Waals surface area contributed by atoms with Gasteiger partial charge in [0.1, 0.15) is 17.3 Å². The summed E-state index contributed by atoms with van der Waals surface area (Å²) in [6, 6.07) is 8.87. The van der Waals surface area contributed by atoms with E-state index in [1.54, 1.807) is 28.0 Å². The largest absolute Gasteiger partial charge is 0.363 e. The van der Waals surface area contributed by atoms with Crippen LogP contribution < -0.4 is 10.2 Å². The third kappa shape index (κ3) is 3.69. The van der Waals surface area contributed by atoms with Crippen molar-refractivity contribution < 1.29 is 13.6 Å². The summed E-state index contributed by atoms with van der Waals surface area (Å²) in [7, 11) is 0. The molecule has 0 radical (unpaired) electrons. The zero-order chi connectivity index (χ0) is 18.0. The number of para-hydroxylation sites is 1. The number of halogens is 3. The van der Waals surface area contributed by atoms with Gasteiger partial charge in [0.15, 0.2) is 0 Å². The number of rotatable bonds is 2. The number of nitrogens with zero attached hydrogens (tertiary/aromatic N) is 2. The van der Waals surface area contributed by atoms with Gasteiger partial charge in [0.2, 0.25) is 0 Å². The summed E-state index contributed by atoms with van der Waals surface area (Å²) in [4.78, 5) is 15.7. The van der Waals surface area contributed by atoms with Crippen molar-refractivity contribution in [3.8, 4) is 0 Å². The molecule has 2 amide bonds. The molecule has 25 heavy (non-hydrogen) atoms. The molecule has 132 valence electrons. The third-order valence-corrected chi connectivity index (χ3v) is 4.74. The van der Waals surface area contributed by atoms with Gasteiger partial charge in [-0.2, -0.15) is 0 Å². The van der Waals surface area contributed by atoms with Crippen LogP contribution in [-0.2, 0) is 0 Å². The zero-order valence-corrected chi connectivity index (χ0v) is 14.5. The topological polar surface area (TPSA) is 35.6 Å². The molecule has 7 heteroatoms. The van der Waals surface area contributed by atoms with Crippen molar-refractivity contribution in [2.75, 3.05) is 36.4 Å². The molecule has 0 unspecified atom stereocenters. The van der Waals surface area contributed by atoms with Crippen LogP contribution in [0, 0.1) is 18.6 Å². The van der Waals surface area contributed by atoms with Crippen LogP contribution in [0.5, 0.6) is 0 Å². The molecule has 1 saturated heterocycles. The van der Waals surface area contributed by atoms with Gasteiger partial charge < -0.3 is 15.1 Å². The highest BCUT2D eigenvalue weighted by atomic mass is 35.5. The lowest BCUT2D eigenvalue weighted by Crippen LogP contribution is -2.50. The standard InChI is InChI=1S/C18H18ClF2N3O/c1-12-13(19)4-2-7-16(12)22-18(25)24-10-8-23(9-11-24)17-14(20)5-3-6-15(17)21/h2-7H,8-11H2,1H3,(H,22,25). The lowest BCUT2D eigenvalue weighted by atomic mass is 10.2. The summed E-state index contributed by atoms with van der Waals surface area (Å²) < 4.78 is 27.7. The van der Waals surface area contributed by atoms with Crippen LogP contribution in [0.15, 0.2) is 36.4 Å². The number of anilines is 2. The van der Waals surface area contributed by atoms with Crippen LogP contribution in [0.3, 0.4) is 0 Å². The summed E-state index contributed by atoms with van der Waals surface area (Å²) in [5.41, 5.74) is 1.41. The molecule has 0 atom stereocenters. The van der Waals surface area contributed by atoms with E-state index in [1.165, 1.54) is 18.2 Å². The Labute approximate surface area is 150 Å². The highest BCUT2D eigenvalue weighted by Gasteiger charge is 2.25. The smallest absolute Gasteiger partial charge is 0.321 e. The van der Waals surface area contributed by atoms with E-state index in [1.807, 2.05) is 6.92 Å². The maximum Gasteiger partial charge on any atom is 0.321 e. The second kappa shape index (κ2) is 7.27. The maximum absolute atomic E-state index is 13.9. The fourth-order valence-electron chi connectivity index (χ4n) is 2.86. The highest BCUT2D eigenvalue weighted by molar-refractivity contribution is 6.31. The predicted molar refractivity (Wildman–Crippen MR) is 95.4 cm³/mol. The lowest BCUT2D eigenvalue weighted by Gasteiger charge is -2.36. The molecule has 1 fully saturated rings. The van der Waals surface area contributed by atoms with Gasteiger partial charge in [-0.15, -0.1) is 0 Å². The molecule has 0 saturated carbocycles. The number of piperazine rings is 1. The average Bonchev–Trinajstić information content (AvgIpc) is 2.59. The van der Waals surface area contributed by atoms with Crippen molar-refractivity contribution in [3.63, 3.8) is 0 Å². The molecule has 1 aliphatic rings. The van der Waals surface area contributed by atoms with Crippen LogP contribution in [0.1, 0.15) is 5.56 Å². The summed E-state index contributed by atoms with van der Waals surface area (Å²) >= 11 is 6.06. The Hall–Kier alpha value is -2.34. The first-order chi connectivity index (χ1) is 12.0. The average molecular weight is 366 g/mol. The van der Waals surface area contributed by atoms with E-state index < -0.39 is 11.6 Å². The second-order valence-electron chi connectivity index (χ2n) is 5.89. The first-order valence-electron chi connectivity index (χ1n) is 7.97. The summed E-state index contributed by atoms with van der Waals surface area (Å²) in [6.07, 6.45) is 0. The number of hydrogen-bond acceptors (Lipinski definition) is 2. The monoisotopic (exact) mass is 365 g/mol. The van der Waals surface area contributed by atoms with Gasteiger partial charge in [-0.3, -0.25) is 0 Å². The molecule has 1 N–H and O–H groups in total. The van der Waals surface area contributed by atoms with E-state index in [0.717, 1.165) is 5.56 Å². The Balaban J connectivity index is 1.64. The van der Waals surface area contributed by atoms with Crippen LogP contribution in [0.2, 0.25) is 5.02 Å². The van der Waals surface area contributed by atoms with E-state index in [9.17, 15) is 13.6 Å². The highest BCUT2D eigenvalue weighted by Crippen LogP contribution is 2.25. The van der Waals surface area contributed by atoms with Gasteiger partial charge >= 0.3 is 6.03 Å². The molecule has 4 nitrogen and oxygen atoms in total. The molecule has 0 spiro atoms. The van der Waals surface area contributed by atoms with E-state index in [4.69, 9.17) is 11.6 Å². The number of benzene rings is 2. The van der Waals surface area contributed by atoms with E-state index in [0.29, 0.717) is 36.9 Å². The van der Waals surface area contributed by atoms with Crippen LogP contribution in [0.25, 0.3) is 0 Å². The molecule has 2 aromatic rings. The second-order valence-corrected chi connectivity index (χ2v) is 6.29. The van der Waals surface area contributed by atoms with Gasteiger partial charge in [-0.25, -0.2) is 13.6 Å². The molecule has 1 aliphatic heterocycles. The van der Waals surface area contributed by atoms with Gasteiger partial charge in [-0.1, -0.05) is 23.7 Å². The minimum Gasteiger partial charge on any atom is -0.363 e. The molecule has 3 rings (SSSR count). The summed E-state index contributed by atoms with van der Waals surface area (Å²) in [5.74, 6) is -1.18. The number of carbonyl (C=O) groups excluding carboxylic acids is 1. The third-order valence-electron chi connectivity index (χ3n) is 4.33. The van der Waals surface area contributed by atoms with Gasteiger partial charge in [0.25, 0.3) is 0 Å². The summed E-state index contributed by atoms with van der Waals surface area (Å²) in [6.45, 7) is 3.30. The molecule has 0 bridgehead atoms. The molecule has 0 aliphatic carbocycles. The van der Waals surface area contributed by atoms with Crippen molar-refractivity contribution in [2.45, 2.75) is 6.92 Å². The molecule has 2 aromatic carbocycles. The normalized spacial score (nSPS) is 14.6. The number of carbonyl (C=O) groups is 1. The van der Waals surface area contributed by atoms with E-state index in [2.05, 4.69) is 5.32 Å². The van der Waals surface area contributed by atoms with Crippen molar-refractivity contribution >= 4 is 29.0 Å². The zero-order valence-electron chi connectivity index (χ0n) is 13.7. The summed E-state index contributed by atoms with van der Waals surface area (Å²) in [5, 5.41) is 3.42. The van der Waals surface area contributed by atoms with Crippen LogP contribution >= 0.6 is 11.6 Å². The van der Waals surface area contributed by atoms with Gasteiger partial charge in [0, 0.05) is 36.9 Å². The minimum absolute atomic E-state index is 0.0340. The number of amides is 2. The molecule has 0 aromatic heterocycles. The van der Waals surface area contributed by atoms with Gasteiger partial charge in [-0.05, 0) is 36.8 Å². The Bertz CT molecular complexity index is 772. The Kier molecular flexibility index (Phi) is 5.08. The number of hydrogen-bond donors (Lipinski definition) is 1. The van der Waals surface area contributed by atoms with E-state index >= 15 is 0 Å². The molecular weight excluding hydrogens is 348 g/mol. The fourth-order valence-corrected chi connectivity index (χ4v) is 3.04. The quantitative estimate of drug-likeness (QED) is 0.862. The molecule has 1 heterocycles. The van der Waals surface area contributed by atoms with Crippen molar-refractivity contribution in [1.82, 2.24) is 4.90 Å². The number of nitrogens with one attached hydrogen (secondary N) is 1. The first kappa shape index (κ1) is 17.5. The lowest BCUT2D eigenvalue weighted by molar-refractivity contribution is 0.208. The number of urea groups is 1. The van der Waals surface area contributed by atoms with Crippen molar-refractivity contribution in [3.05, 3.63) is 58.6 Å². The first-order valence-corrected chi connectivity index (χ1v) is 8.35. The predicted octanol–water partition coefficient (Wildman–Crippen LogP) is 4.28. The Morgan fingerprint density at radius 3 is 2.28 bits per heavy atom. The van der Waals surface area contributed by atoms with E-state index in [-0.39, 0.29) is 11.7 Å². The van der Waals surface area contributed by atoms with Crippen LogP contribution in [0.4, 0.5) is 25.0 Å². The Morgan fingerprint density at radius 1 is 1.04 bits per heavy atom. The van der Waals surface area contributed by atoms with Crippen molar-refractivity contribution in [1.29, 1.82) is 0 Å². The van der Waals surface area contributed by atoms with Crippen LogP contribution in [-0.4, -0.2) is 37.1 Å². The molecular formula is C18H18ClF2N3O.